The maximum absolute atomic E-state index is 13.1. The van der Waals surface area contributed by atoms with Gasteiger partial charge in [0.15, 0.2) is 0 Å². The molecule has 1 aliphatic rings. The summed E-state index contributed by atoms with van der Waals surface area (Å²) in [6, 6.07) is 18.4. The van der Waals surface area contributed by atoms with Gasteiger partial charge < -0.3 is 10.1 Å². The van der Waals surface area contributed by atoms with Crippen LogP contribution in [0.5, 0.6) is 0 Å². The van der Waals surface area contributed by atoms with Crippen molar-refractivity contribution in [2.75, 3.05) is 11.9 Å². The Hall–Kier alpha value is -2.81. The summed E-state index contributed by atoms with van der Waals surface area (Å²) in [4.78, 5) is 13.1. The highest BCUT2D eigenvalue weighted by atomic mass is 16.5. The third kappa shape index (κ3) is 4.92. The fourth-order valence-corrected chi connectivity index (χ4v) is 3.43. The Morgan fingerprint density at radius 1 is 1.07 bits per heavy atom. The summed E-state index contributed by atoms with van der Waals surface area (Å²) in [6.45, 7) is 8.70. The van der Waals surface area contributed by atoms with Crippen LogP contribution in [-0.4, -0.2) is 12.6 Å². The quantitative estimate of drug-likeness (QED) is 0.630. The molecule has 2 aromatic carbocycles. The zero-order valence-electron chi connectivity index (χ0n) is 17.2. The molecular formula is C25H29NO2. The van der Waals surface area contributed by atoms with Crippen LogP contribution in [0, 0.1) is 12.8 Å². The van der Waals surface area contributed by atoms with E-state index in [1.807, 2.05) is 44.2 Å². The minimum atomic E-state index is -0.235. The van der Waals surface area contributed by atoms with E-state index >= 15 is 0 Å². The Labute approximate surface area is 168 Å². The monoisotopic (exact) mass is 375 g/mol. The molecule has 0 saturated heterocycles. The van der Waals surface area contributed by atoms with Gasteiger partial charge in [-0.25, -0.2) is 4.79 Å². The number of benzene rings is 2. The third-order valence-corrected chi connectivity index (χ3v) is 4.86. The summed E-state index contributed by atoms with van der Waals surface area (Å²) >= 11 is 0. The molecule has 1 N–H and O–H groups in total. The van der Waals surface area contributed by atoms with Gasteiger partial charge in [-0.05, 0) is 50.0 Å². The second-order valence-electron chi connectivity index (χ2n) is 7.97. The normalized spacial score (nSPS) is 16.8. The van der Waals surface area contributed by atoms with Crippen molar-refractivity contribution in [2.45, 2.75) is 40.0 Å². The van der Waals surface area contributed by atoms with Gasteiger partial charge in [-0.3, -0.25) is 0 Å². The van der Waals surface area contributed by atoms with E-state index in [0.717, 1.165) is 23.4 Å². The molecule has 0 heterocycles. The molecule has 3 heteroatoms. The number of carbonyl (C=O) groups is 1. The number of allylic oxidation sites excluding steroid dienone is 2. The van der Waals surface area contributed by atoms with Crippen LogP contribution in [0.25, 0.3) is 0 Å². The van der Waals surface area contributed by atoms with E-state index in [9.17, 15) is 4.79 Å². The van der Waals surface area contributed by atoms with Gasteiger partial charge in [0.25, 0.3) is 0 Å². The van der Waals surface area contributed by atoms with Gasteiger partial charge in [0, 0.05) is 17.3 Å². The van der Waals surface area contributed by atoms with Crippen LogP contribution in [0.3, 0.4) is 0 Å². The number of nitrogens with one attached hydrogen (secondary N) is 1. The Balaban J connectivity index is 2.02. The third-order valence-electron chi connectivity index (χ3n) is 4.86. The molecule has 0 amide bonds. The molecule has 0 bridgehead atoms. The van der Waals surface area contributed by atoms with E-state index in [2.05, 4.69) is 49.5 Å². The first-order valence-corrected chi connectivity index (χ1v) is 9.91. The molecule has 3 rings (SSSR count). The number of aryl methyl sites for hydroxylation is 1. The van der Waals surface area contributed by atoms with E-state index in [1.54, 1.807) is 0 Å². The van der Waals surface area contributed by atoms with Gasteiger partial charge in [-0.2, -0.15) is 0 Å². The van der Waals surface area contributed by atoms with Crippen molar-refractivity contribution in [3.05, 3.63) is 88.6 Å². The largest absolute Gasteiger partial charge is 0.462 e. The van der Waals surface area contributed by atoms with Crippen molar-refractivity contribution >= 4 is 11.7 Å². The molecule has 0 aromatic heterocycles. The number of hydrogen-bond acceptors (Lipinski definition) is 3. The second-order valence-corrected chi connectivity index (χ2v) is 7.97. The maximum atomic E-state index is 13.1. The molecule has 1 aliphatic carbocycles. The van der Waals surface area contributed by atoms with Gasteiger partial charge >= 0.3 is 5.97 Å². The lowest BCUT2D eigenvalue weighted by molar-refractivity contribution is -0.140. The average molecular weight is 376 g/mol. The number of anilines is 1. The highest BCUT2D eigenvalue weighted by molar-refractivity contribution is 5.93. The van der Waals surface area contributed by atoms with Crippen molar-refractivity contribution in [1.29, 1.82) is 0 Å². The smallest absolute Gasteiger partial charge is 0.336 e. The SMILES string of the molecule is CC1=CC(Nc2ccc(C)cc2)=C(C(=O)OCC(C)C)C(c2ccccc2)C1. The molecule has 3 nitrogen and oxygen atoms in total. The van der Waals surface area contributed by atoms with Crippen LogP contribution in [0.4, 0.5) is 5.69 Å². The van der Waals surface area contributed by atoms with E-state index in [0.29, 0.717) is 18.1 Å². The van der Waals surface area contributed by atoms with Gasteiger partial charge in [-0.15, -0.1) is 0 Å². The first-order valence-electron chi connectivity index (χ1n) is 9.91. The molecule has 0 radical (unpaired) electrons. The molecule has 2 aromatic rings. The lowest BCUT2D eigenvalue weighted by atomic mass is 9.81. The van der Waals surface area contributed by atoms with Crippen LogP contribution in [-0.2, 0) is 9.53 Å². The van der Waals surface area contributed by atoms with Crippen LogP contribution in [0.15, 0.2) is 77.5 Å². The average Bonchev–Trinajstić information content (AvgIpc) is 2.68. The zero-order valence-corrected chi connectivity index (χ0v) is 17.2. The van der Waals surface area contributed by atoms with E-state index in [1.165, 1.54) is 11.1 Å². The summed E-state index contributed by atoms with van der Waals surface area (Å²) in [6.07, 6.45) is 2.89. The number of ether oxygens (including phenoxy) is 1. The molecule has 0 saturated carbocycles. The zero-order chi connectivity index (χ0) is 20.1. The molecule has 0 fully saturated rings. The lowest BCUT2D eigenvalue weighted by Crippen LogP contribution is -2.23. The molecule has 1 unspecified atom stereocenters. The number of carbonyl (C=O) groups excluding carboxylic acids is 1. The first-order chi connectivity index (χ1) is 13.4. The highest BCUT2D eigenvalue weighted by Crippen LogP contribution is 2.38. The maximum Gasteiger partial charge on any atom is 0.336 e. The van der Waals surface area contributed by atoms with E-state index < -0.39 is 0 Å². The molecular weight excluding hydrogens is 346 g/mol. The minimum absolute atomic E-state index is 0.0150. The van der Waals surface area contributed by atoms with Crippen molar-refractivity contribution < 1.29 is 9.53 Å². The fraction of sp³-hybridized carbons (Fsp3) is 0.320. The first kappa shape index (κ1) is 19.9. The summed E-state index contributed by atoms with van der Waals surface area (Å²) in [5, 5.41) is 3.46. The van der Waals surface area contributed by atoms with Gasteiger partial charge in [0.2, 0.25) is 0 Å². The van der Waals surface area contributed by atoms with E-state index in [4.69, 9.17) is 4.74 Å². The second kappa shape index (κ2) is 8.92. The molecule has 1 atom stereocenters. The molecule has 146 valence electrons. The molecule has 28 heavy (non-hydrogen) atoms. The van der Waals surface area contributed by atoms with Crippen molar-refractivity contribution in [3.63, 3.8) is 0 Å². The molecule has 0 aliphatic heterocycles. The number of rotatable bonds is 6. The van der Waals surface area contributed by atoms with Gasteiger partial charge in [-0.1, -0.05) is 67.4 Å². The summed E-state index contributed by atoms with van der Waals surface area (Å²) in [5.74, 6) is 0.0498. The summed E-state index contributed by atoms with van der Waals surface area (Å²) in [5.41, 5.74) is 6.08. The van der Waals surface area contributed by atoms with Gasteiger partial charge in [0.05, 0.1) is 12.2 Å². The minimum Gasteiger partial charge on any atom is -0.462 e. The van der Waals surface area contributed by atoms with Crippen LogP contribution >= 0.6 is 0 Å². The summed E-state index contributed by atoms with van der Waals surface area (Å²) in [7, 11) is 0. The standard InChI is InChI=1S/C25H29NO2/c1-17(2)16-28-25(27)24-22(20-8-6-5-7-9-20)14-19(4)15-23(24)26-21-12-10-18(3)11-13-21/h5-13,15,17,22,26H,14,16H2,1-4H3. The summed E-state index contributed by atoms with van der Waals surface area (Å²) < 4.78 is 5.65. The Morgan fingerprint density at radius 2 is 1.75 bits per heavy atom. The van der Waals surface area contributed by atoms with Crippen molar-refractivity contribution in [2.24, 2.45) is 5.92 Å². The van der Waals surface area contributed by atoms with Crippen LogP contribution in [0.2, 0.25) is 0 Å². The predicted octanol–water partition coefficient (Wildman–Crippen LogP) is 5.99. The van der Waals surface area contributed by atoms with Crippen LogP contribution < -0.4 is 5.32 Å². The number of hydrogen-bond donors (Lipinski definition) is 1. The Morgan fingerprint density at radius 3 is 2.39 bits per heavy atom. The Kier molecular flexibility index (Phi) is 6.35. The van der Waals surface area contributed by atoms with Gasteiger partial charge in [0.1, 0.15) is 0 Å². The topological polar surface area (TPSA) is 38.3 Å². The van der Waals surface area contributed by atoms with E-state index in [-0.39, 0.29) is 11.9 Å². The Bertz CT molecular complexity index is 877. The predicted molar refractivity (Wildman–Crippen MR) is 115 cm³/mol. The lowest BCUT2D eigenvalue weighted by Gasteiger charge is -2.28. The van der Waals surface area contributed by atoms with Crippen molar-refractivity contribution in [3.8, 4) is 0 Å². The van der Waals surface area contributed by atoms with Crippen molar-refractivity contribution in [1.82, 2.24) is 0 Å². The molecule has 0 spiro atoms. The number of esters is 1. The highest BCUT2D eigenvalue weighted by Gasteiger charge is 2.30. The van der Waals surface area contributed by atoms with Crippen LogP contribution in [0.1, 0.15) is 44.2 Å². The fourth-order valence-electron chi connectivity index (χ4n) is 3.43.